The van der Waals surface area contributed by atoms with E-state index in [0.717, 1.165) is 5.56 Å². The van der Waals surface area contributed by atoms with E-state index in [9.17, 15) is 18.0 Å². The molecule has 0 bridgehead atoms. The molecule has 2 N–H and O–H groups in total. The zero-order chi connectivity index (χ0) is 27.6. The van der Waals surface area contributed by atoms with Crippen LogP contribution in [0.15, 0.2) is 77.7 Å². The lowest BCUT2D eigenvalue weighted by atomic mass is 10.1. The molecule has 14 heteroatoms. The van der Waals surface area contributed by atoms with Crippen molar-refractivity contribution in [1.82, 2.24) is 25.1 Å². The second kappa shape index (κ2) is 10.5. The van der Waals surface area contributed by atoms with Gasteiger partial charge in [-0.3, -0.25) is 5.32 Å². The summed E-state index contributed by atoms with van der Waals surface area (Å²) in [6.45, 7) is 1.85. The highest BCUT2D eigenvalue weighted by atomic mass is 35.5. The third-order valence-electron chi connectivity index (χ3n) is 5.41. The number of hydrogen-bond acceptors (Lipinski definition) is 7. The molecule has 0 radical (unpaired) electrons. The number of halogens is 4. The van der Waals surface area contributed by atoms with E-state index in [2.05, 4.69) is 35.8 Å². The Hall–Kier alpha value is -4.91. The number of urea groups is 1. The quantitative estimate of drug-likeness (QED) is 0.246. The summed E-state index contributed by atoms with van der Waals surface area (Å²) in [7, 11) is 0. The van der Waals surface area contributed by atoms with E-state index >= 15 is 0 Å². The molecule has 0 spiro atoms. The van der Waals surface area contributed by atoms with Gasteiger partial charge in [-0.25, -0.2) is 19.1 Å². The summed E-state index contributed by atoms with van der Waals surface area (Å²) in [5.41, 5.74) is 3.34. The van der Waals surface area contributed by atoms with Gasteiger partial charge in [0.25, 0.3) is 0 Å². The van der Waals surface area contributed by atoms with Crippen LogP contribution in [0.4, 0.5) is 29.5 Å². The van der Waals surface area contributed by atoms with E-state index in [4.69, 9.17) is 16.2 Å². The van der Waals surface area contributed by atoms with E-state index in [1.165, 1.54) is 35.3 Å². The summed E-state index contributed by atoms with van der Waals surface area (Å²) in [5.74, 6) is 0.136. The third-order valence-corrected chi connectivity index (χ3v) is 5.72. The smallest absolute Gasteiger partial charge is 0.406 e. The summed E-state index contributed by atoms with van der Waals surface area (Å²) in [4.78, 5) is 16.8. The molecule has 0 aliphatic heterocycles. The highest BCUT2D eigenvalue weighted by Gasteiger charge is 2.31. The molecule has 0 saturated heterocycles. The summed E-state index contributed by atoms with van der Waals surface area (Å²) in [6, 6.07) is 16.7. The Morgan fingerprint density at radius 3 is 2.44 bits per heavy atom. The first-order valence-electron chi connectivity index (χ1n) is 11.2. The van der Waals surface area contributed by atoms with E-state index < -0.39 is 12.4 Å². The monoisotopic (exact) mass is 555 g/mol. The Kier molecular flexibility index (Phi) is 6.90. The number of nitrogens with zero attached hydrogens (tertiary/aromatic N) is 5. The number of anilines is 2. The first-order chi connectivity index (χ1) is 18.7. The van der Waals surface area contributed by atoms with Crippen molar-refractivity contribution in [2.75, 3.05) is 10.6 Å². The van der Waals surface area contributed by atoms with Gasteiger partial charge in [0.1, 0.15) is 12.1 Å². The summed E-state index contributed by atoms with van der Waals surface area (Å²) in [5, 5.41) is 17.7. The number of ether oxygens (including phenoxy) is 1. The molecule has 0 fully saturated rings. The van der Waals surface area contributed by atoms with Crippen LogP contribution >= 0.6 is 11.6 Å². The van der Waals surface area contributed by atoms with E-state index in [1.54, 1.807) is 36.4 Å². The maximum Gasteiger partial charge on any atom is 0.573 e. The predicted octanol–water partition coefficient (Wildman–Crippen LogP) is 6.49. The van der Waals surface area contributed by atoms with Crippen molar-refractivity contribution in [3.05, 3.63) is 83.6 Å². The van der Waals surface area contributed by atoms with Gasteiger partial charge >= 0.3 is 12.4 Å². The second-order valence-corrected chi connectivity index (χ2v) is 8.51. The van der Waals surface area contributed by atoms with Gasteiger partial charge in [0, 0.05) is 16.8 Å². The fraction of sp³-hybridized carbons (Fsp3) is 0.0800. The molecule has 2 aromatic heterocycles. The van der Waals surface area contributed by atoms with Crippen LogP contribution in [-0.4, -0.2) is 37.5 Å². The van der Waals surface area contributed by atoms with Gasteiger partial charge in [0.15, 0.2) is 11.5 Å². The molecule has 0 atom stereocenters. The molecule has 3 aromatic carbocycles. The number of nitrogens with one attached hydrogen (secondary N) is 2. The largest absolute Gasteiger partial charge is 0.573 e. The molecule has 0 aliphatic carbocycles. The number of aromatic nitrogens is 5. The van der Waals surface area contributed by atoms with Gasteiger partial charge in [-0.1, -0.05) is 23.7 Å². The minimum absolute atomic E-state index is 0.105. The minimum Gasteiger partial charge on any atom is -0.406 e. The minimum atomic E-state index is -4.77. The summed E-state index contributed by atoms with van der Waals surface area (Å²) < 4.78 is 47.2. The highest BCUT2D eigenvalue weighted by Crippen LogP contribution is 2.33. The normalized spacial score (nSPS) is 11.3. The van der Waals surface area contributed by atoms with Crippen molar-refractivity contribution < 1.29 is 27.3 Å². The number of carbonyl (C=O) groups is 1. The van der Waals surface area contributed by atoms with Crippen molar-refractivity contribution in [2.45, 2.75) is 13.3 Å². The lowest BCUT2D eigenvalue weighted by Gasteiger charge is -2.09. The number of alkyl halides is 3. The average molecular weight is 556 g/mol. The van der Waals surface area contributed by atoms with Crippen LogP contribution in [0.5, 0.6) is 5.75 Å². The zero-order valence-electron chi connectivity index (χ0n) is 19.9. The Bertz CT molecular complexity index is 1600. The Morgan fingerprint density at radius 1 is 1.00 bits per heavy atom. The standard InChI is InChI=1S/C25H17ClF3N7O3/c1-14-3-2-4-19(26)20(14)21-23(35-39-34-21)32-24(37)31-16-7-5-15(6-8-16)22-30-13-36(33-22)17-9-11-18(12-10-17)38-25(27,28)29/h2-13H,1H3,(H2,31,32,35,37). The van der Waals surface area contributed by atoms with Gasteiger partial charge in [-0.2, -0.15) is 0 Å². The fourth-order valence-electron chi connectivity index (χ4n) is 3.66. The predicted molar refractivity (Wildman–Crippen MR) is 136 cm³/mol. The number of amides is 2. The van der Waals surface area contributed by atoms with Gasteiger partial charge in [-0.15, -0.1) is 18.3 Å². The molecule has 0 unspecified atom stereocenters. The molecule has 2 amide bonds. The molecule has 5 rings (SSSR count). The Morgan fingerprint density at radius 2 is 1.74 bits per heavy atom. The number of rotatable bonds is 6. The zero-order valence-corrected chi connectivity index (χ0v) is 20.7. The topological polar surface area (TPSA) is 120 Å². The Balaban J connectivity index is 1.24. The summed E-state index contributed by atoms with van der Waals surface area (Å²) in [6.07, 6.45) is -3.34. The van der Waals surface area contributed by atoms with Crippen LogP contribution in [0.1, 0.15) is 5.56 Å². The first kappa shape index (κ1) is 25.7. The lowest BCUT2D eigenvalue weighted by Crippen LogP contribution is -2.20. The molecule has 2 heterocycles. The number of benzene rings is 3. The molecular weight excluding hydrogens is 539 g/mol. The summed E-state index contributed by atoms with van der Waals surface area (Å²) >= 11 is 6.30. The van der Waals surface area contributed by atoms with Crippen LogP contribution in [0.3, 0.4) is 0 Å². The van der Waals surface area contributed by atoms with Crippen molar-refractivity contribution in [2.24, 2.45) is 0 Å². The van der Waals surface area contributed by atoms with E-state index in [1.807, 2.05) is 13.0 Å². The van der Waals surface area contributed by atoms with Crippen molar-refractivity contribution in [1.29, 1.82) is 0 Å². The van der Waals surface area contributed by atoms with E-state index in [0.29, 0.717) is 39.0 Å². The molecular formula is C25H17ClF3N7O3. The highest BCUT2D eigenvalue weighted by molar-refractivity contribution is 6.33. The van der Waals surface area contributed by atoms with Gasteiger partial charge in [0.05, 0.1) is 10.7 Å². The molecule has 5 aromatic rings. The number of aryl methyl sites for hydroxylation is 1. The maximum atomic E-state index is 12.6. The number of carbonyl (C=O) groups excluding carboxylic acids is 1. The van der Waals surface area contributed by atoms with Crippen LogP contribution in [0.25, 0.3) is 28.3 Å². The van der Waals surface area contributed by atoms with E-state index in [-0.39, 0.29) is 11.6 Å². The van der Waals surface area contributed by atoms with Crippen LogP contribution in [0.2, 0.25) is 5.02 Å². The SMILES string of the molecule is Cc1cccc(Cl)c1-c1nonc1NC(=O)Nc1ccc(-c2ncn(-c3ccc(OC(F)(F)F)cc3)n2)cc1. The van der Waals surface area contributed by atoms with Crippen molar-refractivity contribution in [3.63, 3.8) is 0 Å². The Labute approximate surface area is 223 Å². The first-order valence-corrected chi connectivity index (χ1v) is 11.6. The van der Waals surface area contributed by atoms with Crippen LogP contribution in [-0.2, 0) is 0 Å². The van der Waals surface area contributed by atoms with Crippen molar-refractivity contribution in [3.8, 4) is 34.1 Å². The molecule has 39 heavy (non-hydrogen) atoms. The van der Waals surface area contributed by atoms with Crippen LogP contribution < -0.4 is 15.4 Å². The molecule has 0 saturated carbocycles. The number of hydrogen-bond donors (Lipinski definition) is 2. The molecule has 198 valence electrons. The molecule has 10 nitrogen and oxygen atoms in total. The maximum absolute atomic E-state index is 12.6. The van der Waals surface area contributed by atoms with Crippen LogP contribution in [0, 0.1) is 6.92 Å². The lowest BCUT2D eigenvalue weighted by molar-refractivity contribution is -0.274. The molecule has 0 aliphatic rings. The second-order valence-electron chi connectivity index (χ2n) is 8.10. The van der Waals surface area contributed by atoms with Gasteiger partial charge in [0.2, 0.25) is 5.82 Å². The van der Waals surface area contributed by atoms with Gasteiger partial charge in [-0.05, 0) is 77.4 Å². The van der Waals surface area contributed by atoms with Gasteiger partial charge < -0.3 is 10.1 Å². The third kappa shape index (κ3) is 5.99. The fourth-order valence-corrected chi connectivity index (χ4v) is 3.97. The van der Waals surface area contributed by atoms with Crippen molar-refractivity contribution >= 4 is 29.1 Å². The average Bonchev–Trinajstić information content (AvgIpc) is 3.54.